The summed E-state index contributed by atoms with van der Waals surface area (Å²) in [6.07, 6.45) is -10.1. The summed E-state index contributed by atoms with van der Waals surface area (Å²) in [5, 5.41) is 0. The number of hydrogen-bond acceptors (Lipinski definition) is 1. The van der Waals surface area contributed by atoms with E-state index in [1.54, 1.807) is 0 Å². The predicted molar refractivity (Wildman–Crippen MR) is 37.0 cm³/mol. The van der Waals surface area contributed by atoms with Gasteiger partial charge in [0.05, 0.1) is 0 Å². The summed E-state index contributed by atoms with van der Waals surface area (Å²) in [6.45, 7) is 1.21. The van der Waals surface area contributed by atoms with Crippen molar-refractivity contribution in [3.8, 4) is 0 Å². The molecule has 1 unspecified atom stereocenters. The molecule has 0 heterocycles. The largest absolute Gasteiger partial charge is 0.456 e. The second-order valence-electron chi connectivity index (χ2n) is 2.57. The average molecular weight is 224 g/mol. The molecule has 0 bridgehead atoms. The monoisotopic (exact) mass is 224 g/mol. The zero-order chi connectivity index (χ0) is 11.4. The molecule has 0 aliphatic carbocycles. The Morgan fingerprint density at radius 2 is 1.64 bits per heavy atom. The number of hydrogen-bond donors (Lipinski definition) is 0. The Labute approximate surface area is 77.0 Å². The fourth-order valence-electron chi connectivity index (χ4n) is 0.690. The molecule has 0 saturated carbocycles. The molecule has 0 amide bonds. The summed E-state index contributed by atoms with van der Waals surface area (Å²) < 4.78 is 76.0. The Balaban J connectivity index is 4.15. The lowest BCUT2D eigenvalue weighted by molar-refractivity contribution is -0.304. The van der Waals surface area contributed by atoms with Crippen molar-refractivity contribution in [1.82, 2.24) is 0 Å². The van der Waals surface area contributed by atoms with Crippen LogP contribution in [0.1, 0.15) is 13.3 Å². The van der Waals surface area contributed by atoms with Gasteiger partial charge in [-0.1, -0.05) is 0 Å². The van der Waals surface area contributed by atoms with Gasteiger partial charge in [0.1, 0.15) is 0 Å². The third kappa shape index (κ3) is 3.36. The van der Waals surface area contributed by atoms with Crippen molar-refractivity contribution in [1.29, 1.82) is 0 Å². The van der Waals surface area contributed by atoms with Crippen LogP contribution in [0.3, 0.4) is 0 Å². The first-order valence-electron chi connectivity index (χ1n) is 3.89. The molecule has 1 nitrogen and oxygen atoms in total. The zero-order valence-electron chi connectivity index (χ0n) is 7.37. The molecule has 86 valence electrons. The topological polar surface area (TPSA) is 9.23 Å². The van der Waals surface area contributed by atoms with Crippen LogP contribution in [0, 0.1) is 0 Å². The van der Waals surface area contributed by atoms with E-state index in [-0.39, 0.29) is 6.61 Å². The molecule has 0 N–H and O–H groups in total. The van der Waals surface area contributed by atoms with E-state index >= 15 is 0 Å². The van der Waals surface area contributed by atoms with Crippen molar-refractivity contribution in [3.63, 3.8) is 0 Å². The van der Waals surface area contributed by atoms with Gasteiger partial charge in [-0.15, -0.1) is 0 Å². The number of rotatable bonds is 5. The fraction of sp³-hybridized carbons (Fsp3) is 1.00. The molecule has 0 aliphatic rings. The number of ether oxygens (including phenoxy) is 1. The van der Waals surface area contributed by atoms with Gasteiger partial charge < -0.3 is 4.74 Å². The highest BCUT2D eigenvalue weighted by molar-refractivity contribution is 4.84. The van der Waals surface area contributed by atoms with Crippen LogP contribution in [0.15, 0.2) is 0 Å². The molecule has 0 rings (SSSR count). The Kier molecular flexibility index (Phi) is 4.70. The van der Waals surface area contributed by atoms with E-state index in [4.69, 9.17) is 0 Å². The molecule has 0 aromatic carbocycles. The Morgan fingerprint density at radius 1 is 1.14 bits per heavy atom. The third-order valence-corrected chi connectivity index (χ3v) is 1.49. The molecule has 0 aromatic heterocycles. The minimum Gasteiger partial charge on any atom is -0.382 e. The molecule has 14 heavy (non-hydrogen) atoms. The van der Waals surface area contributed by atoms with Crippen molar-refractivity contribution in [2.75, 3.05) is 13.2 Å². The smallest absolute Gasteiger partial charge is 0.382 e. The van der Waals surface area contributed by atoms with Crippen LogP contribution in [-0.4, -0.2) is 31.5 Å². The van der Waals surface area contributed by atoms with Gasteiger partial charge in [0.15, 0.2) is 6.17 Å². The van der Waals surface area contributed by atoms with Crippen LogP contribution in [0.4, 0.5) is 26.3 Å². The molecule has 7 heteroatoms. The van der Waals surface area contributed by atoms with Crippen LogP contribution < -0.4 is 0 Å². The van der Waals surface area contributed by atoms with Crippen LogP contribution in [0.5, 0.6) is 0 Å². The van der Waals surface area contributed by atoms with Crippen molar-refractivity contribution in [2.45, 2.75) is 31.6 Å². The van der Waals surface area contributed by atoms with Crippen LogP contribution in [0.25, 0.3) is 0 Å². The predicted octanol–water partition coefficient (Wildman–Crippen LogP) is 2.95. The van der Waals surface area contributed by atoms with E-state index in [9.17, 15) is 26.3 Å². The molecular formula is C7H10F6O. The zero-order valence-corrected chi connectivity index (χ0v) is 7.37. The summed E-state index contributed by atoms with van der Waals surface area (Å²) in [4.78, 5) is 0. The van der Waals surface area contributed by atoms with Gasteiger partial charge >= 0.3 is 12.1 Å². The van der Waals surface area contributed by atoms with Crippen LogP contribution >= 0.6 is 0 Å². The number of halogens is 6. The highest BCUT2D eigenvalue weighted by Crippen LogP contribution is 2.40. The Bertz CT molecular complexity index is 166. The van der Waals surface area contributed by atoms with Crippen molar-refractivity contribution in [2.24, 2.45) is 0 Å². The summed E-state index contributed by atoms with van der Waals surface area (Å²) in [5.74, 6) is -5.30. The minimum atomic E-state index is -5.85. The molecule has 0 radical (unpaired) electrons. The number of alkyl halides is 6. The normalized spacial score (nSPS) is 15.6. The lowest BCUT2D eigenvalue weighted by Crippen LogP contribution is -2.45. The van der Waals surface area contributed by atoms with E-state index in [1.165, 1.54) is 6.92 Å². The lowest BCUT2D eigenvalue weighted by atomic mass is 10.1. The standard InChI is InChI=1S/C7H10F6O/c1-2-14-4-3-5(8)6(9,10)7(11,12)13/h5H,2-4H2,1H3. The van der Waals surface area contributed by atoms with Gasteiger partial charge in [0, 0.05) is 19.6 Å². The Hall–Kier alpha value is -0.460. The molecular weight excluding hydrogens is 214 g/mol. The third-order valence-electron chi connectivity index (χ3n) is 1.49. The quantitative estimate of drug-likeness (QED) is 0.515. The van der Waals surface area contributed by atoms with Gasteiger partial charge in [-0.2, -0.15) is 22.0 Å². The van der Waals surface area contributed by atoms with E-state index in [0.29, 0.717) is 0 Å². The highest BCUT2D eigenvalue weighted by atomic mass is 19.4. The van der Waals surface area contributed by atoms with Gasteiger partial charge in [-0.05, 0) is 6.92 Å². The first kappa shape index (κ1) is 13.5. The van der Waals surface area contributed by atoms with Crippen molar-refractivity contribution in [3.05, 3.63) is 0 Å². The van der Waals surface area contributed by atoms with Crippen molar-refractivity contribution < 1.29 is 31.1 Å². The lowest BCUT2D eigenvalue weighted by Gasteiger charge is -2.22. The second-order valence-corrected chi connectivity index (χ2v) is 2.57. The second kappa shape index (κ2) is 4.86. The van der Waals surface area contributed by atoms with E-state index in [0.717, 1.165) is 0 Å². The maximum absolute atomic E-state index is 12.5. The first-order valence-corrected chi connectivity index (χ1v) is 3.89. The van der Waals surface area contributed by atoms with Gasteiger partial charge in [-0.3, -0.25) is 0 Å². The first-order chi connectivity index (χ1) is 6.23. The molecule has 0 aliphatic heterocycles. The van der Waals surface area contributed by atoms with Gasteiger partial charge in [0.2, 0.25) is 0 Å². The van der Waals surface area contributed by atoms with Crippen LogP contribution in [-0.2, 0) is 4.74 Å². The molecule has 0 spiro atoms. The molecule has 0 saturated heterocycles. The maximum Gasteiger partial charge on any atom is 0.456 e. The van der Waals surface area contributed by atoms with Crippen molar-refractivity contribution >= 4 is 0 Å². The van der Waals surface area contributed by atoms with E-state index < -0.39 is 31.3 Å². The fourth-order valence-corrected chi connectivity index (χ4v) is 0.690. The maximum atomic E-state index is 12.5. The highest BCUT2D eigenvalue weighted by Gasteiger charge is 2.62. The SMILES string of the molecule is CCOCCC(F)C(F)(F)C(F)(F)F. The average Bonchev–Trinajstić information content (AvgIpc) is 2.02. The minimum absolute atomic E-state index is 0.143. The summed E-state index contributed by atoms with van der Waals surface area (Å²) in [6, 6.07) is 0. The summed E-state index contributed by atoms with van der Waals surface area (Å²) in [7, 11) is 0. The molecule has 0 fully saturated rings. The van der Waals surface area contributed by atoms with E-state index in [1.807, 2.05) is 0 Å². The van der Waals surface area contributed by atoms with Gasteiger partial charge in [0.25, 0.3) is 0 Å². The summed E-state index contributed by atoms with van der Waals surface area (Å²) in [5.41, 5.74) is 0. The van der Waals surface area contributed by atoms with Gasteiger partial charge in [-0.25, -0.2) is 4.39 Å². The molecule has 0 aromatic rings. The Morgan fingerprint density at radius 3 is 2.00 bits per heavy atom. The van der Waals surface area contributed by atoms with Crippen LogP contribution in [0.2, 0.25) is 0 Å². The van der Waals surface area contributed by atoms with E-state index in [2.05, 4.69) is 4.74 Å². The molecule has 1 atom stereocenters. The summed E-state index contributed by atoms with van der Waals surface area (Å²) >= 11 is 0.